The van der Waals surface area contributed by atoms with Crippen LogP contribution in [0, 0.1) is 5.41 Å². The van der Waals surface area contributed by atoms with Gasteiger partial charge in [-0.05, 0) is 54.2 Å². The number of fused-ring (bicyclic) bond motifs is 1. The van der Waals surface area contributed by atoms with Crippen LogP contribution in [0.5, 0.6) is 5.75 Å². The summed E-state index contributed by atoms with van der Waals surface area (Å²) in [7, 11) is 0. The van der Waals surface area contributed by atoms with Crippen molar-refractivity contribution in [2.45, 2.75) is 45.4 Å². The van der Waals surface area contributed by atoms with Crippen molar-refractivity contribution in [3.63, 3.8) is 0 Å². The van der Waals surface area contributed by atoms with Crippen LogP contribution in [0.1, 0.15) is 44.6 Å². The number of unbranched alkanes of at least 4 members (excludes halogenated alkanes) is 2. The lowest BCUT2D eigenvalue weighted by atomic mass is 10.0. The molecule has 0 aliphatic heterocycles. The first-order valence-corrected chi connectivity index (χ1v) is 7.47. The van der Waals surface area contributed by atoms with Crippen molar-refractivity contribution < 1.29 is 5.11 Å². The van der Waals surface area contributed by atoms with E-state index < -0.39 is 0 Å². The Morgan fingerprint density at radius 3 is 2.48 bits per heavy atom. The van der Waals surface area contributed by atoms with Crippen molar-refractivity contribution in [1.82, 2.24) is 0 Å². The molecule has 0 aliphatic carbocycles. The minimum absolute atomic E-state index is 0. The van der Waals surface area contributed by atoms with Crippen LogP contribution in [0.4, 0.5) is 0 Å². The summed E-state index contributed by atoms with van der Waals surface area (Å²) in [5.74, 6) is 0.308. The summed E-state index contributed by atoms with van der Waals surface area (Å²) < 4.78 is 0. The maximum atomic E-state index is 9.45. The molecule has 21 heavy (non-hydrogen) atoms. The van der Waals surface area contributed by atoms with E-state index in [2.05, 4.69) is 19.1 Å². The number of halogens is 1. The minimum Gasteiger partial charge on any atom is -0.508 e. The molecule has 0 amide bonds. The molecule has 0 aliphatic rings. The van der Waals surface area contributed by atoms with E-state index >= 15 is 0 Å². The molecule has 0 spiro atoms. The lowest BCUT2D eigenvalue weighted by Gasteiger charge is -2.06. The topological polar surface area (TPSA) is 44.1 Å². The molecular formula is C18H24BrNO. The fourth-order valence-electron chi connectivity index (χ4n) is 2.45. The van der Waals surface area contributed by atoms with Crippen LogP contribution in [0.15, 0.2) is 36.4 Å². The van der Waals surface area contributed by atoms with Gasteiger partial charge in [0.15, 0.2) is 0 Å². The Morgan fingerprint density at radius 1 is 1.00 bits per heavy atom. The second-order valence-electron chi connectivity index (χ2n) is 5.43. The Kier molecular flexibility index (Phi) is 7.44. The second-order valence-corrected chi connectivity index (χ2v) is 5.43. The molecule has 0 unspecified atom stereocenters. The number of hydrogen-bond donors (Lipinski definition) is 2. The average Bonchev–Trinajstić information content (AvgIpc) is 2.45. The number of rotatable bonds is 7. The SMILES string of the molecule is Br.CCCCCC(=N)CCc1ccc2cc(O)ccc2c1. The number of phenolic OH excluding ortho intramolecular Hbond substituents is 1. The summed E-state index contributed by atoms with van der Waals surface area (Å²) in [4.78, 5) is 0. The first kappa shape index (κ1) is 17.7. The number of phenols is 1. The van der Waals surface area contributed by atoms with Crippen LogP contribution in [-0.4, -0.2) is 10.8 Å². The standard InChI is InChI=1S/C18H23NO.BrH/c1-2-3-4-5-17(19)10-7-14-6-8-16-13-18(20)11-9-15(16)12-14;/h6,8-9,11-13,19-20H,2-5,7,10H2,1H3;1H. The maximum absolute atomic E-state index is 9.45. The van der Waals surface area contributed by atoms with Crippen molar-refractivity contribution in [3.8, 4) is 5.75 Å². The number of nitrogens with one attached hydrogen (secondary N) is 1. The lowest BCUT2D eigenvalue weighted by molar-refractivity contribution is 0.476. The Labute approximate surface area is 137 Å². The number of hydrogen-bond acceptors (Lipinski definition) is 2. The molecule has 2 aromatic carbocycles. The third kappa shape index (κ3) is 5.50. The van der Waals surface area contributed by atoms with Gasteiger partial charge in [-0.15, -0.1) is 17.0 Å². The van der Waals surface area contributed by atoms with Gasteiger partial charge in [-0.3, -0.25) is 0 Å². The van der Waals surface area contributed by atoms with Crippen LogP contribution in [0.25, 0.3) is 10.8 Å². The Balaban J connectivity index is 0.00000220. The van der Waals surface area contributed by atoms with Gasteiger partial charge in [0.25, 0.3) is 0 Å². The van der Waals surface area contributed by atoms with Gasteiger partial charge in [0, 0.05) is 5.71 Å². The molecule has 0 saturated heterocycles. The number of aryl methyl sites for hydroxylation is 1. The van der Waals surface area contributed by atoms with Crippen LogP contribution < -0.4 is 0 Å². The van der Waals surface area contributed by atoms with E-state index in [1.165, 1.54) is 18.4 Å². The van der Waals surface area contributed by atoms with Crippen LogP contribution in [0.2, 0.25) is 0 Å². The van der Waals surface area contributed by atoms with Crippen LogP contribution >= 0.6 is 17.0 Å². The summed E-state index contributed by atoms with van der Waals surface area (Å²) in [6, 6.07) is 11.8. The molecule has 0 fully saturated rings. The molecule has 0 atom stereocenters. The molecule has 3 heteroatoms. The van der Waals surface area contributed by atoms with Gasteiger partial charge in [-0.25, -0.2) is 0 Å². The maximum Gasteiger partial charge on any atom is 0.116 e. The van der Waals surface area contributed by atoms with E-state index in [1.54, 1.807) is 12.1 Å². The first-order chi connectivity index (χ1) is 9.69. The smallest absolute Gasteiger partial charge is 0.116 e. The van der Waals surface area contributed by atoms with Crippen LogP contribution in [0.3, 0.4) is 0 Å². The van der Waals surface area contributed by atoms with E-state index in [0.29, 0.717) is 5.75 Å². The molecule has 2 aromatic rings. The Bertz CT molecular complexity index is 595. The molecule has 0 bridgehead atoms. The van der Waals surface area contributed by atoms with Gasteiger partial charge in [0.05, 0.1) is 0 Å². The predicted octanol–water partition coefficient (Wildman–Crippen LogP) is 5.66. The van der Waals surface area contributed by atoms with Gasteiger partial charge in [-0.1, -0.05) is 44.0 Å². The summed E-state index contributed by atoms with van der Waals surface area (Å²) in [5.41, 5.74) is 2.13. The number of aromatic hydroxyl groups is 1. The lowest BCUT2D eigenvalue weighted by Crippen LogP contribution is -1.99. The van der Waals surface area contributed by atoms with E-state index in [1.807, 2.05) is 12.1 Å². The zero-order chi connectivity index (χ0) is 14.4. The Hall–Kier alpha value is -1.35. The zero-order valence-electron chi connectivity index (χ0n) is 12.6. The van der Waals surface area contributed by atoms with Crippen molar-refractivity contribution in [2.75, 3.05) is 0 Å². The zero-order valence-corrected chi connectivity index (χ0v) is 14.3. The highest BCUT2D eigenvalue weighted by atomic mass is 79.9. The summed E-state index contributed by atoms with van der Waals surface area (Å²) >= 11 is 0. The molecule has 114 valence electrons. The van der Waals surface area contributed by atoms with Crippen molar-refractivity contribution in [2.24, 2.45) is 0 Å². The molecule has 0 radical (unpaired) electrons. The van der Waals surface area contributed by atoms with Crippen LogP contribution in [-0.2, 0) is 6.42 Å². The molecule has 2 rings (SSSR count). The fraction of sp³-hybridized carbons (Fsp3) is 0.389. The molecule has 0 saturated carbocycles. The Morgan fingerprint density at radius 2 is 1.71 bits per heavy atom. The average molecular weight is 350 g/mol. The first-order valence-electron chi connectivity index (χ1n) is 7.47. The number of benzene rings is 2. The van der Waals surface area contributed by atoms with Gasteiger partial charge in [0.2, 0.25) is 0 Å². The molecule has 0 heterocycles. The van der Waals surface area contributed by atoms with E-state index in [0.717, 1.165) is 42.2 Å². The quantitative estimate of drug-likeness (QED) is 0.491. The highest BCUT2D eigenvalue weighted by Gasteiger charge is 2.01. The van der Waals surface area contributed by atoms with Gasteiger partial charge >= 0.3 is 0 Å². The normalized spacial score (nSPS) is 10.3. The summed E-state index contributed by atoms with van der Waals surface area (Å²) in [5, 5.41) is 19.6. The fourth-order valence-corrected chi connectivity index (χ4v) is 2.45. The minimum atomic E-state index is 0. The molecule has 0 aromatic heterocycles. The summed E-state index contributed by atoms with van der Waals surface area (Å²) in [6.45, 7) is 2.19. The van der Waals surface area contributed by atoms with E-state index in [-0.39, 0.29) is 17.0 Å². The van der Waals surface area contributed by atoms with E-state index in [4.69, 9.17) is 5.41 Å². The second kappa shape index (κ2) is 8.83. The van der Waals surface area contributed by atoms with Crippen molar-refractivity contribution in [1.29, 1.82) is 5.41 Å². The van der Waals surface area contributed by atoms with Gasteiger partial charge < -0.3 is 10.5 Å². The highest BCUT2D eigenvalue weighted by Crippen LogP contribution is 2.21. The predicted molar refractivity (Wildman–Crippen MR) is 96.1 cm³/mol. The van der Waals surface area contributed by atoms with Gasteiger partial charge in [0.1, 0.15) is 5.75 Å². The monoisotopic (exact) mass is 349 g/mol. The third-order valence-electron chi connectivity index (χ3n) is 3.69. The molecular weight excluding hydrogens is 326 g/mol. The van der Waals surface area contributed by atoms with Crippen molar-refractivity contribution >= 4 is 33.5 Å². The van der Waals surface area contributed by atoms with Crippen molar-refractivity contribution in [3.05, 3.63) is 42.0 Å². The van der Waals surface area contributed by atoms with Gasteiger partial charge in [-0.2, -0.15) is 0 Å². The third-order valence-corrected chi connectivity index (χ3v) is 3.69. The van der Waals surface area contributed by atoms with E-state index in [9.17, 15) is 5.11 Å². The summed E-state index contributed by atoms with van der Waals surface area (Å²) in [6.07, 6.45) is 6.31. The largest absolute Gasteiger partial charge is 0.508 e. The molecule has 2 nitrogen and oxygen atoms in total. The highest BCUT2D eigenvalue weighted by molar-refractivity contribution is 8.93. The molecule has 2 N–H and O–H groups in total.